The van der Waals surface area contributed by atoms with Gasteiger partial charge >= 0.3 is 0 Å². The van der Waals surface area contributed by atoms with Gasteiger partial charge in [0.1, 0.15) is 11.3 Å². The SMILES string of the molecule is Cc1cc2ccccc2nc1-c1cc2ccccc2o1. The Morgan fingerprint density at radius 1 is 0.850 bits per heavy atom. The van der Waals surface area contributed by atoms with Gasteiger partial charge in [-0.25, -0.2) is 4.98 Å². The van der Waals surface area contributed by atoms with Crippen molar-refractivity contribution < 1.29 is 4.42 Å². The number of rotatable bonds is 1. The zero-order chi connectivity index (χ0) is 13.5. The van der Waals surface area contributed by atoms with E-state index in [0.717, 1.165) is 38.9 Å². The Bertz CT molecular complexity index is 888. The van der Waals surface area contributed by atoms with Crippen molar-refractivity contribution in [1.29, 1.82) is 0 Å². The van der Waals surface area contributed by atoms with Gasteiger partial charge in [0.2, 0.25) is 0 Å². The van der Waals surface area contributed by atoms with Crippen molar-refractivity contribution in [2.24, 2.45) is 0 Å². The molecule has 20 heavy (non-hydrogen) atoms. The minimum Gasteiger partial charge on any atom is -0.454 e. The molecule has 0 radical (unpaired) electrons. The highest BCUT2D eigenvalue weighted by Crippen LogP contribution is 2.30. The second-order valence-corrected chi connectivity index (χ2v) is 5.00. The Morgan fingerprint density at radius 2 is 1.60 bits per heavy atom. The maximum absolute atomic E-state index is 5.92. The summed E-state index contributed by atoms with van der Waals surface area (Å²) < 4.78 is 5.92. The van der Waals surface area contributed by atoms with Crippen molar-refractivity contribution >= 4 is 21.9 Å². The van der Waals surface area contributed by atoms with Crippen molar-refractivity contribution in [3.05, 3.63) is 66.2 Å². The van der Waals surface area contributed by atoms with Crippen LogP contribution in [0.5, 0.6) is 0 Å². The summed E-state index contributed by atoms with van der Waals surface area (Å²) in [5.41, 5.74) is 3.94. The average molecular weight is 259 g/mol. The van der Waals surface area contributed by atoms with Gasteiger partial charge in [0.05, 0.1) is 5.52 Å². The third-order valence-corrected chi connectivity index (χ3v) is 3.57. The van der Waals surface area contributed by atoms with Crippen LogP contribution in [0.1, 0.15) is 5.56 Å². The van der Waals surface area contributed by atoms with Gasteiger partial charge in [-0.3, -0.25) is 0 Å². The number of hydrogen-bond acceptors (Lipinski definition) is 2. The summed E-state index contributed by atoms with van der Waals surface area (Å²) in [5, 5.41) is 2.27. The lowest BCUT2D eigenvalue weighted by Crippen LogP contribution is -1.88. The lowest BCUT2D eigenvalue weighted by atomic mass is 10.1. The van der Waals surface area contributed by atoms with Crippen molar-refractivity contribution in [3.8, 4) is 11.5 Å². The van der Waals surface area contributed by atoms with E-state index in [9.17, 15) is 0 Å². The van der Waals surface area contributed by atoms with E-state index < -0.39 is 0 Å². The van der Waals surface area contributed by atoms with Crippen molar-refractivity contribution in [1.82, 2.24) is 4.98 Å². The summed E-state index contributed by atoms with van der Waals surface area (Å²) >= 11 is 0. The van der Waals surface area contributed by atoms with Gasteiger partial charge in [-0.05, 0) is 36.8 Å². The normalized spacial score (nSPS) is 11.2. The molecular weight excluding hydrogens is 246 g/mol. The van der Waals surface area contributed by atoms with E-state index in [1.54, 1.807) is 0 Å². The van der Waals surface area contributed by atoms with Crippen molar-refractivity contribution in [2.75, 3.05) is 0 Å². The molecule has 4 rings (SSSR count). The molecule has 96 valence electrons. The number of aryl methyl sites for hydroxylation is 1. The fourth-order valence-electron chi connectivity index (χ4n) is 2.57. The fourth-order valence-corrected chi connectivity index (χ4v) is 2.57. The molecule has 0 amide bonds. The molecule has 0 spiro atoms. The highest BCUT2D eigenvalue weighted by Gasteiger charge is 2.11. The molecule has 2 nitrogen and oxygen atoms in total. The van der Waals surface area contributed by atoms with Crippen LogP contribution in [0.4, 0.5) is 0 Å². The molecule has 0 aliphatic heterocycles. The molecule has 0 bridgehead atoms. The van der Waals surface area contributed by atoms with Crippen LogP contribution < -0.4 is 0 Å². The topological polar surface area (TPSA) is 26.0 Å². The zero-order valence-electron chi connectivity index (χ0n) is 11.1. The van der Waals surface area contributed by atoms with Crippen molar-refractivity contribution in [3.63, 3.8) is 0 Å². The molecule has 0 aliphatic rings. The Hall–Kier alpha value is -2.61. The second kappa shape index (κ2) is 4.20. The molecule has 0 atom stereocenters. The standard InChI is InChI=1S/C18H13NO/c1-12-10-13-6-2-4-8-15(13)19-18(12)17-11-14-7-3-5-9-16(14)20-17/h2-11H,1H3. The summed E-state index contributed by atoms with van der Waals surface area (Å²) in [7, 11) is 0. The summed E-state index contributed by atoms with van der Waals surface area (Å²) in [5.74, 6) is 0.828. The Balaban J connectivity index is 1.98. The van der Waals surface area contributed by atoms with E-state index in [1.807, 2.05) is 36.4 Å². The van der Waals surface area contributed by atoms with Gasteiger partial charge in [-0.15, -0.1) is 0 Å². The molecule has 2 heteroatoms. The van der Waals surface area contributed by atoms with Gasteiger partial charge in [0.25, 0.3) is 0 Å². The number of aromatic nitrogens is 1. The number of hydrogen-bond donors (Lipinski definition) is 0. The Morgan fingerprint density at radius 3 is 2.45 bits per heavy atom. The maximum Gasteiger partial charge on any atom is 0.154 e. The van der Waals surface area contributed by atoms with Gasteiger partial charge in [0.15, 0.2) is 5.76 Å². The molecule has 2 aromatic carbocycles. The molecule has 4 aromatic rings. The van der Waals surface area contributed by atoms with Crippen LogP contribution in [-0.4, -0.2) is 4.98 Å². The van der Waals surface area contributed by atoms with E-state index in [-0.39, 0.29) is 0 Å². The number of fused-ring (bicyclic) bond motifs is 2. The molecule has 2 aromatic heterocycles. The predicted octanol–water partition coefficient (Wildman–Crippen LogP) is 4.96. The zero-order valence-corrected chi connectivity index (χ0v) is 11.1. The van der Waals surface area contributed by atoms with Gasteiger partial charge in [-0.1, -0.05) is 36.4 Å². The molecule has 0 saturated heterocycles. The smallest absolute Gasteiger partial charge is 0.154 e. The Kier molecular flexibility index (Phi) is 2.36. The first-order chi connectivity index (χ1) is 9.81. The number of benzene rings is 2. The molecule has 0 saturated carbocycles. The number of furan rings is 1. The molecular formula is C18H13NO. The van der Waals surface area contributed by atoms with Gasteiger partial charge in [0, 0.05) is 10.8 Å². The first-order valence-corrected chi connectivity index (χ1v) is 6.66. The van der Waals surface area contributed by atoms with Crippen molar-refractivity contribution in [2.45, 2.75) is 6.92 Å². The molecule has 0 aliphatic carbocycles. The van der Waals surface area contributed by atoms with Gasteiger partial charge < -0.3 is 4.42 Å². The van der Waals surface area contributed by atoms with Crippen LogP contribution >= 0.6 is 0 Å². The van der Waals surface area contributed by atoms with E-state index >= 15 is 0 Å². The largest absolute Gasteiger partial charge is 0.454 e. The average Bonchev–Trinajstić information content (AvgIpc) is 2.90. The third-order valence-electron chi connectivity index (χ3n) is 3.57. The minimum atomic E-state index is 0.828. The first kappa shape index (κ1) is 11.2. The summed E-state index contributed by atoms with van der Waals surface area (Å²) in [6.07, 6.45) is 0. The lowest BCUT2D eigenvalue weighted by Gasteiger charge is -2.04. The van der Waals surface area contributed by atoms with Crippen LogP contribution in [0.25, 0.3) is 33.3 Å². The highest BCUT2D eigenvalue weighted by molar-refractivity contribution is 5.86. The van der Waals surface area contributed by atoms with E-state index in [2.05, 4.69) is 31.2 Å². The van der Waals surface area contributed by atoms with E-state index in [1.165, 1.54) is 0 Å². The predicted molar refractivity (Wildman–Crippen MR) is 81.7 cm³/mol. The summed E-state index contributed by atoms with van der Waals surface area (Å²) in [6.45, 7) is 2.07. The number of nitrogens with zero attached hydrogens (tertiary/aromatic N) is 1. The summed E-state index contributed by atoms with van der Waals surface area (Å²) in [4.78, 5) is 4.75. The number of pyridine rings is 1. The van der Waals surface area contributed by atoms with Gasteiger partial charge in [-0.2, -0.15) is 0 Å². The molecule has 0 unspecified atom stereocenters. The molecule has 0 N–H and O–H groups in total. The first-order valence-electron chi connectivity index (χ1n) is 6.66. The maximum atomic E-state index is 5.92. The number of para-hydroxylation sites is 2. The molecule has 2 heterocycles. The van der Waals surface area contributed by atoms with Crippen LogP contribution in [-0.2, 0) is 0 Å². The second-order valence-electron chi connectivity index (χ2n) is 5.00. The monoisotopic (exact) mass is 259 g/mol. The Labute approximate surface area is 116 Å². The fraction of sp³-hybridized carbons (Fsp3) is 0.0556. The quantitative estimate of drug-likeness (QED) is 0.483. The molecule has 0 fully saturated rings. The van der Waals surface area contributed by atoms with E-state index in [4.69, 9.17) is 9.40 Å². The third kappa shape index (κ3) is 1.69. The van der Waals surface area contributed by atoms with Crippen LogP contribution in [0.3, 0.4) is 0 Å². The van der Waals surface area contributed by atoms with E-state index in [0.29, 0.717) is 0 Å². The highest BCUT2D eigenvalue weighted by atomic mass is 16.3. The van der Waals surface area contributed by atoms with Crippen LogP contribution in [0.15, 0.2) is 65.1 Å². The minimum absolute atomic E-state index is 0.828. The lowest BCUT2D eigenvalue weighted by molar-refractivity contribution is 0.628. The van der Waals surface area contributed by atoms with Crippen LogP contribution in [0, 0.1) is 6.92 Å². The van der Waals surface area contributed by atoms with Crippen LogP contribution in [0.2, 0.25) is 0 Å². The summed E-state index contributed by atoms with van der Waals surface area (Å²) in [6, 6.07) is 20.4.